The third-order valence-corrected chi connectivity index (χ3v) is 5.11. The van der Waals surface area contributed by atoms with Gasteiger partial charge in [0.05, 0.1) is 18.6 Å². The van der Waals surface area contributed by atoms with Crippen molar-refractivity contribution in [3.05, 3.63) is 17.5 Å². The number of aromatic nitrogens is 1. The van der Waals surface area contributed by atoms with Gasteiger partial charge in [-0.2, -0.15) is 5.06 Å². The number of fused-ring (bicyclic) bond motifs is 3. The number of carbonyl (C=O) groups excluding carboxylic acids is 1. The first kappa shape index (κ1) is 14.5. The SMILES string of the molecule is NCc1cc([C@@H]2CC3(CC3)[C@H]3CN2C(=O)N3OCC(=O)O)no1. The van der Waals surface area contributed by atoms with Gasteiger partial charge in [-0.05, 0) is 24.7 Å². The standard InChI is InChI=1S/C14H18N4O5/c15-5-8-3-9(16-23-8)10-4-14(1-2-14)11-6-17(10)13(21)18(11)22-7-12(19)20/h3,10-11H,1-2,4-7,15H2,(H,19,20)/t10-,11+/m0/s1. The fourth-order valence-corrected chi connectivity index (χ4v) is 3.75. The van der Waals surface area contributed by atoms with Crippen molar-refractivity contribution in [1.82, 2.24) is 15.1 Å². The Morgan fingerprint density at radius 2 is 2.35 bits per heavy atom. The highest BCUT2D eigenvalue weighted by atomic mass is 16.7. The van der Waals surface area contributed by atoms with E-state index in [-0.39, 0.29) is 30.1 Å². The molecule has 1 spiro atoms. The fraction of sp³-hybridized carbons (Fsp3) is 0.643. The van der Waals surface area contributed by atoms with Gasteiger partial charge in [-0.1, -0.05) is 5.16 Å². The highest BCUT2D eigenvalue weighted by molar-refractivity contribution is 5.78. The number of hydrogen-bond donors (Lipinski definition) is 2. The van der Waals surface area contributed by atoms with Gasteiger partial charge in [0.15, 0.2) is 12.4 Å². The molecule has 9 heteroatoms. The molecule has 23 heavy (non-hydrogen) atoms. The number of piperidine rings is 1. The van der Waals surface area contributed by atoms with Gasteiger partial charge in [0.1, 0.15) is 5.69 Å². The second-order valence-electron chi connectivity index (χ2n) is 6.45. The summed E-state index contributed by atoms with van der Waals surface area (Å²) in [4.78, 5) is 30.3. The van der Waals surface area contributed by atoms with E-state index < -0.39 is 12.6 Å². The van der Waals surface area contributed by atoms with Gasteiger partial charge in [-0.3, -0.25) is 4.84 Å². The minimum Gasteiger partial charge on any atom is -0.479 e. The van der Waals surface area contributed by atoms with Crippen molar-refractivity contribution in [1.29, 1.82) is 0 Å². The zero-order chi connectivity index (χ0) is 16.2. The zero-order valence-corrected chi connectivity index (χ0v) is 12.5. The molecule has 3 N–H and O–H groups in total. The third kappa shape index (κ3) is 2.19. The second-order valence-corrected chi connectivity index (χ2v) is 6.45. The molecule has 1 aromatic rings. The molecule has 2 atom stereocenters. The highest BCUT2D eigenvalue weighted by Gasteiger charge is 2.63. The van der Waals surface area contributed by atoms with Gasteiger partial charge in [0.25, 0.3) is 0 Å². The van der Waals surface area contributed by atoms with Crippen LogP contribution in [0.25, 0.3) is 0 Å². The van der Waals surface area contributed by atoms with Crippen LogP contribution in [-0.4, -0.2) is 51.4 Å². The van der Waals surface area contributed by atoms with Crippen LogP contribution in [0.1, 0.15) is 36.8 Å². The van der Waals surface area contributed by atoms with Gasteiger partial charge in [0, 0.05) is 12.6 Å². The molecule has 1 aromatic heterocycles. The number of nitrogens with zero attached hydrogens (tertiary/aromatic N) is 3. The second kappa shape index (κ2) is 4.93. The van der Waals surface area contributed by atoms with Crippen LogP contribution in [0, 0.1) is 5.41 Å². The molecule has 9 nitrogen and oxygen atoms in total. The maximum absolute atomic E-state index is 12.6. The first-order valence-electron chi connectivity index (χ1n) is 7.64. The molecule has 2 aliphatic heterocycles. The normalized spacial score (nSPS) is 27.8. The van der Waals surface area contributed by atoms with Crippen molar-refractivity contribution in [3.8, 4) is 0 Å². The Labute approximate surface area is 131 Å². The lowest BCUT2D eigenvalue weighted by atomic mass is 9.84. The average Bonchev–Trinajstić information content (AvgIpc) is 3.03. The quantitative estimate of drug-likeness (QED) is 0.808. The van der Waals surface area contributed by atoms with Crippen LogP contribution >= 0.6 is 0 Å². The minimum atomic E-state index is -1.10. The monoisotopic (exact) mass is 322 g/mol. The van der Waals surface area contributed by atoms with Crippen molar-refractivity contribution in [2.75, 3.05) is 13.2 Å². The maximum Gasteiger partial charge on any atom is 0.344 e. The van der Waals surface area contributed by atoms with E-state index >= 15 is 0 Å². The van der Waals surface area contributed by atoms with E-state index in [2.05, 4.69) is 5.16 Å². The smallest absolute Gasteiger partial charge is 0.344 e. The molecular formula is C14H18N4O5. The van der Waals surface area contributed by atoms with E-state index in [1.165, 1.54) is 5.06 Å². The topological polar surface area (TPSA) is 122 Å². The Hall–Kier alpha value is -2.13. The van der Waals surface area contributed by atoms with Crippen molar-refractivity contribution in [2.24, 2.45) is 11.1 Å². The first-order chi connectivity index (χ1) is 11.0. The minimum absolute atomic E-state index is 0.00629. The molecule has 3 heterocycles. The van der Waals surface area contributed by atoms with Crippen LogP contribution < -0.4 is 5.73 Å². The number of hydroxylamine groups is 2. The molecule has 1 saturated carbocycles. The van der Waals surface area contributed by atoms with Gasteiger partial charge in [0.2, 0.25) is 0 Å². The third-order valence-electron chi connectivity index (χ3n) is 5.11. The summed E-state index contributed by atoms with van der Waals surface area (Å²) in [6, 6.07) is 1.22. The van der Waals surface area contributed by atoms with Gasteiger partial charge in [-0.25, -0.2) is 9.59 Å². The number of carbonyl (C=O) groups is 2. The number of nitrogens with two attached hydrogens (primary N) is 1. The maximum atomic E-state index is 12.6. The Morgan fingerprint density at radius 3 is 2.96 bits per heavy atom. The molecule has 3 aliphatic rings. The molecule has 124 valence electrons. The number of amides is 2. The van der Waals surface area contributed by atoms with E-state index in [0.717, 1.165) is 19.3 Å². The molecule has 2 saturated heterocycles. The van der Waals surface area contributed by atoms with Gasteiger partial charge >= 0.3 is 12.0 Å². The van der Waals surface area contributed by atoms with Crippen LogP contribution in [-0.2, 0) is 16.2 Å². The zero-order valence-electron chi connectivity index (χ0n) is 12.5. The Bertz CT molecular complexity index is 655. The van der Waals surface area contributed by atoms with Crippen LogP contribution in [0.4, 0.5) is 4.79 Å². The van der Waals surface area contributed by atoms with Crippen LogP contribution in [0.5, 0.6) is 0 Å². The number of aliphatic carboxylic acids is 1. The van der Waals surface area contributed by atoms with E-state index in [1.54, 1.807) is 11.0 Å². The molecule has 4 rings (SSSR count). The first-order valence-corrected chi connectivity index (χ1v) is 7.64. The lowest BCUT2D eigenvalue weighted by molar-refractivity contribution is -0.172. The molecule has 3 fully saturated rings. The summed E-state index contributed by atoms with van der Waals surface area (Å²) in [6.07, 6.45) is 2.79. The molecule has 2 amide bonds. The van der Waals surface area contributed by atoms with Crippen molar-refractivity contribution >= 4 is 12.0 Å². The summed E-state index contributed by atoms with van der Waals surface area (Å²) in [6.45, 7) is 0.265. The number of urea groups is 1. The summed E-state index contributed by atoms with van der Waals surface area (Å²) >= 11 is 0. The molecular weight excluding hydrogens is 304 g/mol. The molecule has 1 aliphatic carbocycles. The highest BCUT2D eigenvalue weighted by Crippen LogP contribution is 2.61. The fourth-order valence-electron chi connectivity index (χ4n) is 3.75. The molecule has 0 aromatic carbocycles. The number of hydrogen-bond acceptors (Lipinski definition) is 6. The van der Waals surface area contributed by atoms with Gasteiger partial charge < -0.3 is 20.3 Å². The van der Waals surface area contributed by atoms with E-state index in [9.17, 15) is 9.59 Å². The van der Waals surface area contributed by atoms with Gasteiger partial charge in [-0.15, -0.1) is 0 Å². The lowest BCUT2D eigenvalue weighted by Gasteiger charge is -2.35. The van der Waals surface area contributed by atoms with Crippen molar-refractivity contribution in [2.45, 2.75) is 37.9 Å². The predicted molar refractivity (Wildman–Crippen MR) is 74.7 cm³/mol. The summed E-state index contributed by atoms with van der Waals surface area (Å²) in [5.41, 5.74) is 6.24. The molecule has 0 radical (unpaired) electrons. The van der Waals surface area contributed by atoms with Crippen LogP contribution in [0.2, 0.25) is 0 Å². The lowest BCUT2D eigenvalue weighted by Crippen LogP contribution is -2.42. The van der Waals surface area contributed by atoms with Crippen LogP contribution in [0.3, 0.4) is 0 Å². The summed E-state index contributed by atoms with van der Waals surface area (Å²) in [7, 11) is 0. The van der Waals surface area contributed by atoms with E-state index in [1.807, 2.05) is 0 Å². The predicted octanol–water partition coefficient (Wildman–Crippen LogP) is 0.481. The average molecular weight is 322 g/mol. The van der Waals surface area contributed by atoms with E-state index in [0.29, 0.717) is 18.0 Å². The van der Waals surface area contributed by atoms with Crippen molar-refractivity contribution < 1.29 is 24.1 Å². The summed E-state index contributed by atoms with van der Waals surface area (Å²) in [5.74, 6) is -0.516. The molecule has 2 bridgehead atoms. The Kier molecular flexibility index (Phi) is 3.10. The summed E-state index contributed by atoms with van der Waals surface area (Å²) < 4.78 is 5.17. The summed E-state index contributed by atoms with van der Waals surface area (Å²) in [5, 5.41) is 14.1. The Balaban J connectivity index is 1.61. The number of carboxylic acid groups (broad SMARTS) is 1. The van der Waals surface area contributed by atoms with E-state index in [4.69, 9.17) is 20.2 Å². The van der Waals surface area contributed by atoms with Crippen molar-refractivity contribution in [3.63, 3.8) is 0 Å². The number of rotatable bonds is 5. The molecule has 0 unspecified atom stereocenters. The van der Waals surface area contributed by atoms with Crippen LogP contribution in [0.15, 0.2) is 10.6 Å². The number of carboxylic acids is 1. The largest absolute Gasteiger partial charge is 0.479 e. The Morgan fingerprint density at radius 1 is 1.57 bits per heavy atom.